The van der Waals surface area contributed by atoms with Gasteiger partial charge in [-0.05, 0) is 87.2 Å². The highest BCUT2D eigenvalue weighted by Gasteiger charge is 2.33. The van der Waals surface area contributed by atoms with E-state index in [-0.39, 0.29) is 23.7 Å². The summed E-state index contributed by atoms with van der Waals surface area (Å²) in [4.78, 5) is 17.7. The fourth-order valence-corrected chi connectivity index (χ4v) is 5.26. The number of ether oxygens (including phenoxy) is 1. The number of carbonyl (C=O) groups is 1. The summed E-state index contributed by atoms with van der Waals surface area (Å²) < 4.78 is 19.1. The summed E-state index contributed by atoms with van der Waals surface area (Å²) >= 11 is 6.45. The van der Waals surface area contributed by atoms with Crippen molar-refractivity contribution in [3.05, 3.63) is 58.9 Å². The van der Waals surface area contributed by atoms with Crippen LogP contribution in [0, 0.1) is 11.7 Å². The fourth-order valence-electron chi connectivity index (χ4n) is 5.02. The van der Waals surface area contributed by atoms with E-state index in [0.29, 0.717) is 29.4 Å². The molecule has 2 aromatic carbocycles. The molecule has 2 saturated heterocycles. The Labute approximate surface area is 211 Å². The van der Waals surface area contributed by atoms with E-state index in [4.69, 9.17) is 16.3 Å². The molecule has 1 aliphatic carbocycles. The van der Waals surface area contributed by atoms with E-state index < -0.39 is 12.1 Å². The molecule has 2 aromatic rings. The number of rotatable bonds is 9. The van der Waals surface area contributed by atoms with Gasteiger partial charge in [-0.15, -0.1) is 0 Å². The number of aliphatic hydroxyl groups is 1. The van der Waals surface area contributed by atoms with E-state index in [1.807, 2.05) is 12.1 Å². The maximum atomic E-state index is 13.3. The Morgan fingerprint density at radius 3 is 2.54 bits per heavy atom. The maximum absolute atomic E-state index is 13.3. The van der Waals surface area contributed by atoms with Gasteiger partial charge in [0.15, 0.2) is 0 Å². The quantitative estimate of drug-likeness (QED) is 0.540. The highest BCUT2D eigenvalue weighted by Crippen LogP contribution is 2.34. The van der Waals surface area contributed by atoms with Crippen molar-refractivity contribution in [2.45, 2.75) is 50.4 Å². The van der Waals surface area contributed by atoms with Crippen LogP contribution in [0.5, 0.6) is 5.75 Å². The standard InChI is InChI=1S/C27H33ClFN3O3/c28-23-15-18(3-10-25(23)35-22-8-9-22)26(33)24(17-31-12-1-2-13-31)30-27(34)19-11-14-32(16-19)21-6-4-20(29)5-7-21/h3-7,10,15,19,22,24,26,33H,1-2,8-9,11-14,16-17H2,(H,30,34)/t19?,24-,26-/m1/s1. The van der Waals surface area contributed by atoms with Crippen molar-refractivity contribution in [3.8, 4) is 5.75 Å². The van der Waals surface area contributed by atoms with Crippen LogP contribution in [0.25, 0.3) is 0 Å². The van der Waals surface area contributed by atoms with Crippen molar-refractivity contribution in [2.75, 3.05) is 37.6 Å². The molecule has 0 bridgehead atoms. The summed E-state index contributed by atoms with van der Waals surface area (Å²) in [5.74, 6) is 0.120. The average Bonchev–Trinajstić information content (AvgIpc) is 3.30. The number of aliphatic hydroxyl groups excluding tert-OH is 1. The molecule has 3 atom stereocenters. The average molecular weight is 502 g/mol. The molecule has 1 unspecified atom stereocenters. The Morgan fingerprint density at radius 2 is 1.86 bits per heavy atom. The Kier molecular flexibility index (Phi) is 7.46. The summed E-state index contributed by atoms with van der Waals surface area (Å²) in [6.07, 6.45) is 4.42. The molecule has 35 heavy (non-hydrogen) atoms. The van der Waals surface area contributed by atoms with Gasteiger partial charge in [0.25, 0.3) is 0 Å². The lowest BCUT2D eigenvalue weighted by atomic mass is 10.00. The molecule has 3 fully saturated rings. The van der Waals surface area contributed by atoms with Crippen LogP contribution in [0.3, 0.4) is 0 Å². The summed E-state index contributed by atoms with van der Waals surface area (Å²) in [5.41, 5.74) is 1.58. The largest absolute Gasteiger partial charge is 0.489 e. The highest BCUT2D eigenvalue weighted by molar-refractivity contribution is 6.32. The molecule has 188 valence electrons. The zero-order valence-electron chi connectivity index (χ0n) is 19.8. The topological polar surface area (TPSA) is 65.0 Å². The lowest BCUT2D eigenvalue weighted by Gasteiger charge is -2.30. The number of likely N-dealkylation sites (tertiary alicyclic amines) is 1. The van der Waals surface area contributed by atoms with Gasteiger partial charge in [-0.1, -0.05) is 17.7 Å². The number of halogens is 2. The number of hydrogen-bond acceptors (Lipinski definition) is 5. The first-order valence-corrected chi connectivity index (χ1v) is 13.0. The predicted octanol–water partition coefficient (Wildman–Crippen LogP) is 4.16. The number of hydrogen-bond donors (Lipinski definition) is 2. The Hall–Kier alpha value is -2.35. The minimum absolute atomic E-state index is 0.0577. The van der Waals surface area contributed by atoms with Gasteiger partial charge < -0.3 is 25.0 Å². The van der Waals surface area contributed by atoms with Crippen LogP contribution in [0.4, 0.5) is 10.1 Å². The van der Waals surface area contributed by atoms with Crippen LogP contribution >= 0.6 is 11.6 Å². The lowest BCUT2D eigenvalue weighted by molar-refractivity contribution is -0.126. The Morgan fingerprint density at radius 1 is 1.11 bits per heavy atom. The van der Waals surface area contributed by atoms with Gasteiger partial charge in [0.05, 0.1) is 23.1 Å². The summed E-state index contributed by atoms with van der Waals surface area (Å²) in [5, 5.41) is 14.9. The normalized spacial score (nSPS) is 22.3. The van der Waals surface area contributed by atoms with Gasteiger partial charge in [-0.25, -0.2) is 4.39 Å². The second-order valence-corrected chi connectivity index (χ2v) is 10.4. The highest BCUT2D eigenvalue weighted by atomic mass is 35.5. The van der Waals surface area contributed by atoms with Gasteiger partial charge in [-0.2, -0.15) is 0 Å². The zero-order chi connectivity index (χ0) is 24.4. The molecule has 0 aromatic heterocycles. The van der Waals surface area contributed by atoms with Crippen LogP contribution in [-0.4, -0.2) is 60.8 Å². The van der Waals surface area contributed by atoms with Gasteiger partial charge in [0.2, 0.25) is 5.91 Å². The number of amides is 1. The van der Waals surface area contributed by atoms with Crippen LogP contribution in [0.1, 0.15) is 43.8 Å². The summed E-state index contributed by atoms with van der Waals surface area (Å²) in [6.45, 7) is 3.83. The van der Waals surface area contributed by atoms with Gasteiger partial charge in [-0.3, -0.25) is 4.79 Å². The summed E-state index contributed by atoms with van der Waals surface area (Å²) in [6, 6.07) is 11.3. The van der Waals surface area contributed by atoms with E-state index in [2.05, 4.69) is 15.1 Å². The van der Waals surface area contributed by atoms with E-state index in [0.717, 1.165) is 57.4 Å². The molecule has 2 heterocycles. The monoisotopic (exact) mass is 501 g/mol. The molecule has 1 amide bonds. The first kappa shape index (κ1) is 24.3. The number of anilines is 1. The van der Waals surface area contributed by atoms with Crippen LogP contribution in [0.2, 0.25) is 5.02 Å². The van der Waals surface area contributed by atoms with Crippen molar-refractivity contribution < 1.29 is 19.0 Å². The third-order valence-corrected chi connectivity index (χ3v) is 7.52. The van der Waals surface area contributed by atoms with E-state index >= 15 is 0 Å². The molecular formula is C27H33ClFN3O3. The second kappa shape index (κ2) is 10.7. The summed E-state index contributed by atoms with van der Waals surface area (Å²) in [7, 11) is 0. The van der Waals surface area contributed by atoms with Crippen LogP contribution in [-0.2, 0) is 4.79 Å². The molecule has 6 nitrogen and oxygen atoms in total. The minimum atomic E-state index is -0.887. The molecule has 0 spiro atoms. The van der Waals surface area contributed by atoms with Crippen molar-refractivity contribution in [1.29, 1.82) is 0 Å². The molecule has 8 heteroatoms. The molecule has 1 saturated carbocycles. The van der Waals surface area contributed by atoms with E-state index in [9.17, 15) is 14.3 Å². The molecule has 0 radical (unpaired) electrons. The van der Waals surface area contributed by atoms with E-state index in [1.165, 1.54) is 12.1 Å². The first-order chi connectivity index (χ1) is 17.0. The van der Waals surface area contributed by atoms with Crippen LogP contribution in [0.15, 0.2) is 42.5 Å². The number of nitrogens with one attached hydrogen (secondary N) is 1. The van der Waals surface area contributed by atoms with Crippen molar-refractivity contribution in [2.24, 2.45) is 5.92 Å². The lowest BCUT2D eigenvalue weighted by Crippen LogP contribution is -2.48. The third-order valence-electron chi connectivity index (χ3n) is 7.23. The molecule has 3 aliphatic rings. The first-order valence-electron chi connectivity index (χ1n) is 12.6. The zero-order valence-corrected chi connectivity index (χ0v) is 20.6. The SMILES string of the molecule is O=C(N[C@H](CN1CCCC1)[C@H](O)c1ccc(OC2CC2)c(Cl)c1)C1CCN(c2ccc(F)cc2)C1. The van der Waals surface area contributed by atoms with Gasteiger partial charge >= 0.3 is 0 Å². The van der Waals surface area contributed by atoms with Crippen molar-refractivity contribution in [1.82, 2.24) is 10.2 Å². The second-order valence-electron chi connectivity index (χ2n) is 9.98. The fraction of sp³-hybridized carbons (Fsp3) is 0.519. The molecule has 5 rings (SSSR count). The van der Waals surface area contributed by atoms with Crippen LogP contribution < -0.4 is 15.0 Å². The van der Waals surface area contributed by atoms with Gasteiger partial charge in [0, 0.05) is 25.3 Å². The minimum Gasteiger partial charge on any atom is -0.489 e. The van der Waals surface area contributed by atoms with Crippen molar-refractivity contribution in [3.63, 3.8) is 0 Å². The third kappa shape index (κ3) is 6.08. The van der Waals surface area contributed by atoms with Gasteiger partial charge in [0.1, 0.15) is 17.7 Å². The number of benzene rings is 2. The van der Waals surface area contributed by atoms with Crippen molar-refractivity contribution >= 4 is 23.2 Å². The smallest absolute Gasteiger partial charge is 0.225 e. The Balaban J connectivity index is 1.26. The molecule has 2 N–H and O–H groups in total. The number of nitrogens with zero attached hydrogens (tertiary/aromatic N) is 2. The number of carbonyl (C=O) groups excluding carboxylic acids is 1. The maximum Gasteiger partial charge on any atom is 0.225 e. The predicted molar refractivity (Wildman–Crippen MR) is 134 cm³/mol. The molecular weight excluding hydrogens is 469 g/mol. The Bertz CT molecular complexity index is 1030. The molecule has 2 aliphatic heterocycles. The van der Waals surface area contributed by atoms with E-state index in [1.54, 1.807) is 18.2 Å².